The Hall–Kier alpha value is -0.610. The first-order valence-electron chi connectivity index (χ1n) is 7.33. The molecule has 2 fully saturated rings. The summed E-state index contributed by atoms with van der Waals surface area (Å²) in [6.45, 7) is 3.82. The van der Waals surface area contributed by atoms with Crippen molar-refractivity contribution in [3.63, 3.8) is 0 Å². The maximum absolute atomic E-state index is 11.2. The van der Waals surface area contributed by atoms with Gasteiger partial charge in [-0.1, -0.05) is 12.8 Å². The lowest BCUT2D eigenvalue weighted by molar-refractivity contribution is -0.122. The second-order valence-electron chi connectivity index (χ2n) is 6.32. The summed E-state index contributed by atoms with van der Waals surface area (Å²) in [6.07, 6.45) is 8.84. The normalized spacial score (nSPS) is 29.6. The third-order valence-corrected chi connectivity index (χ3v) is 4.84. The molecule has 4 N–H and O–H groups in total. The van der Waals surface area contributed by atoms with E-state index in [9.17, 15) is 4.79 Å². The minimum Gasteiger partial charge on any atom is -0.368 e. The van der Waals surface area contributed by atoms with Crippen molar-refractivity contribution in [3.05, 3.63) is 0 Å². The lowest BCUT2D eigenvalue weighted by atomic mass is 9.94. The van der Waals surface area contributed by atoms with Gasteiger partial charge in [-0.05, 0) is 51.5 Å². The molecule has 1 amide bonds. The van der Waals surface area contributed by atoms with Crippen molar-refractivity contribution in [2.45, 2.75) is 63.5 Å². The van der Waals surface area contributed by atoms with Crippen LogP contribution in [-0.2, 0) is 4.79 Å². The predicted octanol–water partition coefficient (Wildman–Crippen LogP) is 1.23. The Kier molecular flexibility index (Phi) is 4.28. The fraction of sp³-hybridized carbons (Fsp3) is 0.929. The Balaban J connectivity index is 1.86. The molecule has 4 heteroatoms. The van der Waals surface area contributed by atoms with Gasteiger partial charge in [0.25, 0.3) is 0 Å². The van der Waals surface area contributed by atoms with E-state index in [0.29, 0.717) is 6.42 Å². The molecule has 0 aromatic heterocycles. The molecular formula is C14H27N3O. The highest BCUT2D eigenvalue weighted by Crippen LogP contribution is 2.35. The molecule has 1 aliphatic heterocycles. The Morgan fingerprint density at radius 2 is 1.94 bits per heavy atom. The van der Waals surface area contributed by atoms with Crippen LogP contribution < -0.4 is 11.5 Å². The minimum atomic E-state index is -0.858. The third-order valence-electron chi connectivity index (χ3n) is 4.84. The Labute approximate surface area is 110 Å². The van der Waals surface area contributed by atoms with Gasteiger partial charge in [0.2, 0.25) is 5.91 Å². The number of nitrogens with two attached hydrogens (primary N) is 2. The van der Waals surface area contributed by atoms with Crippen LogP contribution in [-0.4, -0.2) is 35.5 Å². The predicted molar refractivity (Wildman–Crippen MR) is 73.0 cm³/mol. The summed E-state index contributed by atoms with van der Waals surface area (Å²) in [5, 5.41) is 0. The van der Waals surface area contributed by atoms with E-state index in [1.165, 1.54) is 38.5 Å². The molecular weight excluding hydrogens is 226 g/mol. The quantitative estimate of drug-likeness (QED) is 0.774. The SMILES string of the molecule is CC(N)(CCN1CCCC1C1CCCC1)C(N)=O. The van der Waals surface area contributed by atoms with Gasteiger partial charge in [0.15, 0.2) is 0 Å². The van der Waals surface area contributed by atoms with E-state index in [4.69, 9.17) is 11.5 Å². The molecule has 1 aliphatic carbocycles. The Morgan fingerprint density at radius 1 is 1.28 bits per heavy atom. The molecule has 4 nitrogen and oxygen atoms in total. The van der Waals surface area contributed by atoms with Crippen LogP contribution >= 0.6 is 0 Å². The smallest absolute Gasteiger partial charge is 0.237 e. The molecule has 1 heterocycles. The second kappa shape index (κ2) is 5.57. The molecule has 2 rings (SSSR count). The van der Waals surface area contributed by atoms with Crippen molar-refractivity contribution in [3.8, 4) is 0 Å². The molecule has 2 atom stereocenters. The first kappa shape index (κ1) is 13.8. The minimum absolute atomic E-state index is 0.390. The van der Waals surface area contributed by atoms with Gasteiger partial charge in [0.1, 0.15) is 0 Å². The lowest BCUT2D eigenvalue weighted by Gasteiger charge is -2.31. The fourth-order valence-corrected chi connectivity index (χ4v) is 3.50. The molecule has 1 saturated heterocycles. The Morgan fingerprint density at radius 3 is 2.56 bits per heavy atom. The molecule has 0 aromatic carbocycles. The topological polar surface area (TPSA) is 72.3 Å². The number of carbonyl (C=O) groups excluding carboxylic acids is 1. The first-order chi connectivity index (χ1) is 8.50. The lowest BCUT2D eigenvalue weighted by Crippen LogP contribution is -2.51. The molecule has 0 spiro atoms. The van der Waals surface area contributed by atoms with Crippen LogP contribution in [0.5, 0.6) is 0 Å². The standard InChI is InChI=1S/C14H27N3O/c1-14(16,13(15)18)8-10-17-9-4-7-12(17)11-5-2-3-6-11/h11-12H,2-10,16H2,1H3,(H2,15,18). The third kappa shape index (κ3) is 3.04. The summed E-state index contributed by atoms with van der Waals surface area (Å²) in [5.41, 5.74) is 10.4. The van der Waals surface area contributed by atoms with Gasteiger partial charge in [-0.2, -0.15) is 0 Å². The van der Waals surface area contributed by atoms with Gasteiger partial charge >= 0.3 is 0 Å². The molecule has 1 saturated carbocycles. The summed E-state index contributed by atoms with van der Waals surface area (Å²) >= 11 is 0. The number of hydrogen-bond acceptors (Lipinski definition) is 3. The first-order valence-corrected chi connectivity index (χ1v) is 7.33. The average molecular weight is 253 g/mol. The van der Waals surface area contributed by atoms with Crippen molar-refractivity contribution in [1.82, 2.24) is 4.90 Å². The zero-order valence-corrected chi connectivity index (χ0v) is 11.5. The highest BCUT2D eigenvalue weighted by Gasteiger charge is 2.34. The van der Waals surface area contributed by atoms with Crippen LogP contribution in [0.4, 0.5) is 0 Å². The van der Waals surface area contributed by atoms with E-state index in [1.54, 1.807) is 6.92 Å². The van der Waals surface area contributed by atoms with Crippen LogP contribution in [0.15, 0.2) is 0 Å². The van der Waals surface area contributed by atoms with Crippen molar-refractivity contribution in [1.29, 1.82) is 0 Å². The van der Waals surface area contributed by atoms with E-state index in [0.717, 1.165) is 25.0 Å². The number of likely N-dealkylation sites (tertiary alicyclic amines) is 1. The maximum atomic E-state index is 11.2. The number of carbonyl (C=O) groups is 1. The average Bonchev–Trinajstić information content (AvgIpc) is 2.96. The van der Waals surface area contributed by atoms with Gasteiger partial charge in [0.05, 0.1) is 5.54 Å². The van der Waals surface area contributed by atoms with Gasteiger partial charge in [-0.25, -0.2) is 0 Å². The zero-order valence-electron chi connectivity index (χ0n) is 11.5. The van der Waals surface area contributed by atoms with Crippen LogP contribution in [0.25, 0.3) is 0 Å². The van der Waals surface area contributed by atoms with E-state index in [1.807, 2.05) is 0 Å². The second-order valence-corrected chi connectivity index (χ2v) is 6.32. The zero-order chi connectivity index (χ0) is 13.2. The summed E-state index contributed by atoms with van der Waals surface area (Å²) in [7, 11) is 0. The van der Waals surface area contributed by atoms with Crippen LogP contribution in [0, 0.1) is 5.92 Å². The monoisotopic (exact) mass is 253 g/mol. The molecule has 18 heavy (non-hydrogen) atoms. The molecule has 2 aliphatic rings. The molecule has 0 radical (unpaired) electrons. The fourth-order valence-electron chi connectivity index (χ4n) is 3.50. The Bertz CT molecular complexity index is 297. The van der Waals surface area contributed by atoms with Gasteiger partial charge < -0.3 is 16.4 Å². The van der Waals surface area contributed by atoms with E-state index in [2.05, 4.69) is 4.90 Å². The van der Waals surface area contributed by atoms with Crippen molar-refractivity contribution in [2.24, 2.45) is 17.4 Å². The number of primary amides is 1. The van der Waals surface area contributed by atoms with Crippen LogP contribution in [0.1, 0.15) is 51.9 Å². The van der Waals surface area contributed by atoms with E-state index >= 15 is 0 Å². The number of amides is 1. The number of rotatable bonds is 5. The molecule has 104 valence electrons. The maximum Gasteiger partial charge on any atom is 0.237 e. The molecule has 0 aromatic rings. The van der Waals surface area contributed by atoms with E-state index < -0.39 is 5.54 Å². The summed E-state index contributed by atoms with van der Waals surface area (Å²) in [4.78, 5) is 13.8. The number of nitrogens with zero attached hydrogens (tertiary/aromatic N) is 1. The van der Waals surface area contributed by atoms with E-state index in [-0.39, 0.29) is 5.91 Å². The largest absolute Gasteiger partial charge is 0.368 e. The highest BCUT2D eigenvalue weighted by atomic mass is 16.1. The van der Waals surface area contributed by atoms with Crippen LogP contribution in [0.3, 0.4) is 0 Å². The highest BCUT2D eigenvalue weighted by molar-refractivity contribution is 5.83. The number of hydrogen-bond donors (Lipinski definition) is 2. The van der Waals surface area contributed by atoms with Gasteiger partial charge in [-0.15, -0.1) is 0 Å². The van der Waals surface area contributed by atoms with Crippen LogP contribution in [0.2, 0.25) is 0 Å². The van der Waals surface area contributed by atoms with Crippen molar-refractivity contribution < 1.29 is 4.79 Å². The van der Waals surface area contributed by atoms with Crippen molar-refractivity contribution in [2.75, 3.05) is 13.1 Å². The summed E-state index contributed by atoms with van der Waals surface area (Å²) in [5.74, 6) is 0.490. The molecule has 2 unspecified atom stereocenters. The summed E-state index contributed by atoms with van der Waals surface area (Å²) in [6, 6.07) is 0.733. The molecule has 0 bridgehead atoms. The van der Waals surface area contributed by atoms with Crippen molar-refractivity contribution >= 4 is 5.91 Å². The summed E-state index contributed by atoms with van der Waals surface area (Å²) < 4.78 is 0. The van der Waals surface area contributed by atoms with Gasteiger partial charge in [-0.3, -0.25) is 4.79 Å². The van der Waals surface area contributed by atoms with Gasteiger partial charge in [0, 0.05) is 12.6 Å².